The number of aromatic hydroxyl groups is 1. The molecule has 0 saturated heterocycles. The highest BCUT2D eigenvalue weighted by Gasteiger charge is 2.26. The topological polar surface area (TPSA) is 32.6 Å². The largest absolute Gasteiger partial charge is 0.507 e. The number of hydrogen-bond acceptors (Lipinski definition) is 2. The smallest absolute Gasteiger partial charge is 0.124 e. The molecular weight excluding hydrogens is 222 g/mol. The maximum Gasteiger partial charge on any atom is 0.124 e. The van der Waals surface area contributed by atoms with Gasteiger partial charge in [0.25, 0.3) is 0 Å². The van der Waals surface area contributed by atoms with Gasteiger partial charge in [0, 0.05) is 5.56 Å². The van der Waals surface area contributed by atoms with Crippen molar-refractivity contribution in [3.05, 3.63) is 59.7 Å². The molecule has 0 unspecified atom stereocenters. The second kappa shape index (κ2) is 4.30. The molecule has 2 aromatic rings. The molecule has 1 aliphatic carbocycles. The van der Waals surface area contributed by atoms with Crippen LogP contribution >= 0.6 is 0 Å². The summed E-state index contributed by atoms with van der Waals surface area (Å²) in [6.45, 7) is 2.17. The van der Waals surface area contributed by atoms with Crippen molar-refractivity contribution in [2.75, 3.05) is 0 Å². The van der Waals surface area contributed by atoms with E-state index in [2.05, 4.69) is 18.0 Å². The van der Waals surface area contributed by atoms with Gasteiger partial charge in [0.2, 0.25) is 0 Å². The Morgan fingerprint density at radius 1 is 1.06 bits per heavy atom. The second-order valence-electron chi connectivity index (χ2n) is 4.74. The van der Waals surface area contributed by atoms with E-state index >= 15 is 0 Å². The summed E-state index contributed by atoms with van der Waals surface area (Å²) in [5, 5.41) is 10.0. The molecule has 18 heavy (non-hydrogen) atoms. The highest BCUT2D eigenvalue weighted by Crippen LogP contribution is 2.38. The summed E-state index contributed by atoms with van der Waals surface area (Å²) >= 11 is 0. The fourth-order valence-corrected chi connectivity index (χ4v) is 2.54. The van der Waals surface area contributed by atoms with E-state index in [4.69, 9.17) is 0 Å². The Morgan fingerprint density at radius 3 is 2.61 bits per heavy atom. The quantitative estimate of drug-likeness (QED) is 0.798. The zero-order chi connectivity index (χ0) is 12.5. The monoisotopic (exact) mass is 237 g/mol. The van der Waals surface area contributed by atoms with Gasteiger partial charge in [-0.05, 0) is 36.1 Å². The zero-order valence-electron chi connectivity index (χ0n) is 10.3. The average Bonchev–Trinajstić information content (AvgIpc) is 2.69. The Balaban J connectivity index is 2.11. The van der Waals surface area contributed by atoms with Gasteiger partial charge in [-0.3, -0.25) is 4.99 Å². The van der Waals surface area contributed by atoms with Crippen LogP contribution in [0.2, 0.25) is 0 Å². The molecule has 1 N–H and O–H groups in total. The summed E-state index contributed by atoms with van der Waals surface area (Å²) < 4.78 is 0. The van der Waals surface area contributed by atoms with Gasteiger partial charge >= 0.3 is 0 Å². The van der Waals surface area contributed by atoms with Gasteiger partial charge in [-0.15, -0.1) is 0 Å². The lowest BCUT2D eigenvalue weighted by Crippen LogP contribution is -1.94. The van der Waals surface area contributed by atoms with Crippen LogP contribution in [0.5, 0.6) is 5.75 Å². The third-order valence-corrected chi connectivity index (χ3v) is 3.41. The van der Waals surface area contributed by atoms with Crippen LogP contribution < -0.4 is 0 Å². The number of hydrogen-bond donors (Lipinski definition) is 1. The molecule has 0 radical (unpaired) electrons. The summed E-state index contributed by atoms with van der Waals surface area (Å²) in [7, 11) is 0. The highest BCUT2D eigenvalue weighted by atomic mass is 16.3. The lowest BCUT2D eigenvalue weighted by Gasteiger charge is -2.04. The Labute approximate surface area is 107 Å². The molecule has 0 amide bonds. The first-order valence-corrected chi connectivity index (χ1v) is 6.20. The maximum atomic E-state index is 10.0. The van der Waals surface area contributed by atoms with E-state index in [1.165, 1.54) is 5.56 Å². The van der Waals surface area contributed by atoms with Gasteiger partial charge in [0.05, 0.1) is 11.4 Å². The third-order valence-electron chi connectivity index (χ3n) is 3.41. The molecule has 2 nitrogen and oxygen atoms in total. The predicted molar refractivity (Wildman–Crippen MR) is 73.8 cm³/mol. The standard InChI is InChI=1S/C16H15NO/c1-11-10-14(17-12-6-3-2-4-7-12)16-13(11)8-5-9-15(16)18/h2-9,11,18H,10H2,1H3/t11-/m0/s1. The molecule has 2 heteroatoms. The summed E-state index contributed by atoms with van der Waals surface area (Å²) in [5.41, 5.74) is 4.05. The lowest BCUT2D eigenvalue weighted by molar-refractivity contribution is 0.474. The van der Waals surface area contributed by atoms with Gasteiger partial charge in [0.1, 0.15) is 5.75 Å². The Bertz CT molecular complexity index is 602. The predicted octanol–water partition coefficient (Wildman–Crippen LogP) is 4.02. The maximum absolute atomic E-state index is 10.0. The van der Waals surface area contributed by atoms with Crippen molar-refractivity contribution in [2.45, 2.75) is 19.3 Å². The summed E-state index contributed by atoms with van der Waals surface area (Å²) in [6.07, 6.45) is 0.891. The molecule has 0 fully saturated rings. The number of nitrogens with zero attached hydrogens (tertiary/aromatic N) is 1. The van der Waals surface area contributed by atoms with Crippen LogP contribution in [-0.2, 0) is 0 Å². The molecule has 0 aliphatic heterocycles. The summed E-state index contributed by atoms with van der Waals surface area (Å²) in [6, 6.07) is 15.6. The van der Waals surface area contributed by atoms with Crippen molar-refractivity contribution >= 4 is 11.4 Å². The van der Waals surface area contributed by atoms with Crippen molar-refractivity contribution in [2.24, 2.45) is 4.99 Å². The molecule has 1 aliphatic rings. The fraction of sp³-hybridized carbons (Fsp3) is 0.188. The molecular formula is C16H15NO. The number of para-hydroxylation sites is 1. The Kier molecular flexibility index (Phi) is 2.63. The second-order valence-corrected chi connectivity index (χ2v) is 4.74. The van der Waals surface area contributed by atoms with E-state index in [9.17, 15) is 5.11 Å². The molecule has 90 valence electrons. The molecule has 0 saturated carbocycles. The van der Waals surface area contributed by atoms with Crippen LogP contribution in [0.3, 0.4) is 0 Å². The van der Waals surface area contributed by atoms with Gasteiger partial charge in [-0.1, -0.05) is 37.3 Å². The fourth-order valence-electron chi connectivity index (χ4n) is 2.54. The first kappa shape index (κ1) is 11.0. The SMILES string of the molecule is C[C@H]1CC(=Nc2ccccc2)c2c(O)cccc21. The number of aliphatic imine (C=N–C) groups is 1. The first-order chi connectivity index (χ1) is 8.75. The number of fused-ring (bicyclic) bond motifs is 1. The van der Waals surface area contributed by atoms with Crippen LogP contribution in [0, 0.1) is 0 Å². The normalized spacial score (nSPS) is 20.1. The van der Waals surface area contributed by atoms with Crippen LogP contribution in [0.4, 0.5) is 5.69 Å². The van der Waals surface area contributed by atoms with Crippen molar-refractivity contribution < 1.29 is 5.11 Å². The minimum Gasteiger partial charge on any atom is -0.507 e. The van der Waals surface area contributed by atoms with E-state index in [1.54, 1.807) is 6.07 Å². The zero-order valence-corrected chi connectivity index (χ0v) is 10.3. The van der Waals surface area contributed by atoms with Crippen LogP contribution in [0.25, 0.3) is 0 Å². The van der Waals surface area contributed by atoms with Gasteiger partial charge in [0.15, 0.2) is 0 Å². The van der Waals surface area contributed by atoms with Crippen LogP contribution in [0.1, 0.15) is 30.4 Å². The van der Waals surface area contributed by atoms with E-state index < -0.39 is 0 Å². The average molecular weight is 237 g/mol. The van der Waals surface area contributed by atoms with E-state index in [-0.39, 0.29) is 0 Å². The minimum atomic E-state index is 0.339. The molecule has 0 spiro atoms. The lowest BCUT2D eigenvalue weighted by atomic mass is 10.0. The van der Waals surface area contributed by atoms with Crippen LogP contribution in [-0.4, -0.2) is 10.8 Å². The molecule has 2 aromatic carbocycles. The van der Waals surface area contributed by atoms with Crippen molar-refractivity contribution in [1.82, 2.24) is 0 Å². The van der Waals surface area contributed by atoms with E-state index in [0.717, 1.165) is 23.4 Å². The molecule has 0 aromatic heterocycles. The minimum absolute atomic E-state index is 0.339. The molecule has 0 heterocycles. The Morgan fingerprint density at radius 2 is 1.83 bits per heavy atom. The molecule has 3 rings (SSSR count). The number of phenols is 1. The van der Waals surface area contributed by atoms with Crippen molar-refractivity contribution in [3.8, 4) is 5.75 Å². The summed E-state index contributed by atoms with van der Waals surface area (Å²) in [4.78, 5) is 4.67. The highest BCUT2D eigenvalue weighted by molar-refractivity contribution is 6.08. The van der Waals surface area contributed by atoms with Crippen molar-refractivity contribution in [3.63, 3.8) is 0 Å². The molecule has 0 bridgehead atoms. The van der Waals surface area contributed by atoms with Crippen molar-refractivity contribution in [1.29, 1.82) is 0 Å². The molecule has 1 atom stereocenters. The number of phenolic OH excluding ortho intramolecular Hbond substituents is 1. The van der Waals surface area contributed by atoms with E-state index in [1.807, 2.05) is 36.4 Å². The third kappa shape index (κ3) is 1.80. The first-order valence-electron chi connectivity index (χ1n) is 6.20. The summed E-state index contributed by atoms with van der Waals surface area (Å²) in [5.74, 6) is 0.765. The van der Waals surface area contributed by atoms with Gasteiger partial charge < -0.3 is 5.11 Å². The van der Waals surface area contributed by atoms with Gasteiger partial charge in [-0.2, -0.15) is 0 Å². The number of rotatable bonds is 1. The van der Waals surface area contributed by atoms with Crippen LogP contribution in [0.15, 0.2) is 53.5 Å². The Hall–Kier alpha value is -2.09. The van der Waals surface area contributed by atoms with Gasteiger partial charge in [-0.25, -0.2) is 0 Å². The number of benzene rings is 2. The van der Waals surface area contributed by atoms with E-state index in [0.29, 0.717) is 11.7 Å².